The molecule has 1 aromatic carbocycles. The number of anilines is 2. The predicted molar refractivity (Wildman–Crippen MR) is 121 cm³/mol. The highest BCUT2D eigenvalue weighted by Gasteiger charge is 2.31. The summed E-state index contributed by atoms with van der Waals surface area (Å²) >= 11 is 0. The average molecular weight is 459 g/mol. The summed E-state index contributed by atoms with van der Waals surface area (Å²) in [6.45, 7) is 5.95. The van der Waals surface area contributed by atoms with Crippen LogP contribution in [-0.2, 0) is 9.53 Å². The second kappa shape index (κ2) is 8.71. The van der Waals surface area contributed by atoms with Crippen molar-refractivity contribution >= 4 is 34.6 Å². The minimum atomic E-state index is -0.631. The fraction of sp³-hybridized carbons (Fsp3) is 0.304. The second-order valence-corrected chi connectivity index (χ2v) is 8.56. The first-order chi connectivity index (χ1) is 16.2. The van der Waals surface area contributed by atoms with Crippen LogP contribution in [0, 0.1) is 22.9 Å². The number of aromatic nitrogens is 2. The normalized spacial score (nSPS) is 14.0. The molecule has 1 saturated heterocycles. The van der Waals surface area contributed by atoms with E-state index in [0.29, 0.717) is 41.3 Å². The average Bonchev–Trinajstić information content (AvgIpc) is 3.22. The molecule has 2 aromatic heterocycles. The van der Waals surface area contributed by atoms with Crippen LogP contribution in [0.2, 0.25) is 0 Å². The van der Waals surface area contributed by atoms with Gasteiger partial charge in [0.15, 0.2) is 23.8 Å². The summed E-state index contributed by atoms with van der Waals surface area (Å²) in [6, 6.07) is 8.40. The van der Waals surface area contributed by atoms with Gasteiger partial charge in [-0.25, -0.2) is 14.8 Å². The Morgan fingerprint density at radius 1 is 1.18 bits per heavy atom. The lowest BCUT2D eigenvalue weighted by Crippen LogP contribution is -2.53. The number of hydrogen-bond acceptors (Lipinski definition) is 9. The molecule has 1 aliphatic heterocycles. The Labute approximate surface area is 195 Å². The number of carbonyl (C=O) groups excluding carboxylic acids is 2. The van der Waals surface area contributed by atoms with Crippen LogP contribution in [0.5, 0.6) is 0 Å². The van der Waals surface area contributed by atoms with E-state index in [9.17, 15) is 9.59 Å². The number of rotatable bonds is 3. The molecule has 34 heavy (non-hydrogen) atoms. The summed E-state index contributed by atoms with van der Waals surface area (Å²) in [5.74, 6) is 0.281. The van der Waals surface area contributed by atoms with Crippen LogP contribution >= 0.6 is 0 Å². The fourth-order valence-electron chi connectivity index (χ4n) is 3.41. The zero-order valence-electron chi connectivity index (χ0n) is 18.8. The van der Waals surface area contributed by atoms with Gasteiger partial charge < -0.3 is 14.1 Å². The highest BCUT2D eigenvalue weighted by Crippen LogP contribution is 2.29. The van der Waals surface area contributed by atoms with Gasteiger partial charge in [-0.05, 0) is 51.1 Å². The number of carbonyl (C=O) groups is 2. The number of nitriles is 2. The van der Waals surface area contributed by atoms with Crippen molar-refractivity contribution in [1.29, 1.82) is 10.5 Å². The Bertz CT molecular complexity index is 1310. The molecular weight excluding hydrogens is 438 g/mol. The molecule has 3 aromatic rings. The van der Waals surface area contributed by atoms with Crippen LogP contribution in [0.1, 0.15) is 20.8 Å². The van der Waals surface area contributed by atoms with E-state index in [4.69, 9.17) is 19.7 Å². The van der Waals surface area contributed by atoms with Crippen LogP contribution in [0.25, 0.3) is 22.6 Å². The van der Waals surface area contributed by atoms with Gasteiger partial charge >= 0.3 is 6.09 Å². The molecule has 1 fully saturated rings. The van der Waals surface area contributed by atoms with Crippen LogP contribution in [0.3, 0.4) is 0 Å². The first kappa shape index (κ1) is 22.6. The SMILES string of the molecule is CC(C)(C)OC(=O)N1CCN(c2ccc3oc(-c4ccc(N(C#N)C#N)nc4)nc3c2)C(=O)C1. The number of fused-ring (bicyclic) bond motifs is 1. The van der Waals surface area contributed by atoms with Gasteiger partial charge in [0.2, 0.25) is 11.8 Å². The summed E-state index contributed by atoms with van der Waals surface area (Å²) in [6.07, 6.45) is 4.39. The first-order valence-electron chi connectivity index (χ1n) is 10.4. The molecular formula is C23H21N7O4. The first-order valence-corrected chi connectivity index (χ1v) is 10.4. The maximum absolute atomic E-state index is 12.7. The number of nitrogens with zero attached hydrogens (tertiary/aromatic N) is 7. The van der Waals surface area contributed by atoms with Gasteiger partial charge in [0.25, 0.3) is 0 Å². The lowest BCUT2D eigenvalue weighted by molar-refractivity contribution is -0.121. The molecule has 0 radical (unpaired) electrons. The highest BCUT2D eigenvalue weighted by atomic mass is 16.6. The molecule has 0 N–H and O–H groups in total. The van der Waals surface area contributed by atoms with Gasteiger partial charge in [-0.1, -0.05) is 0 Å². The lowest BCUT2D eigenvalue weighted by atomic mass is 10.2. The van der Waals surface area contributed by atoms with Gasteiger partial charge in [-0.3, -0.25) is 9.69 Å². The topological polar surface area (TPSA) is 140 Å². The summed E-state index contributed by atoms with van der Waals surface area (Å²) in [5, 5.41) is 17.9. The molecule has 0 aliphatic carbocycles. The number of hydrogen-bond donors (Lipinski definition) is 0. The molecule has 0 atom stereocenters. The van der Waals surface area contributed by atoms with Crippen molar-refractivity contribution in [3.05, 3.63) is 36.5 Å². The quantitative estimate of drug-likeness (QED) is 0.426. The van der Waals surface area contributed by atoms with Gasteiger partial charge in [0.05, 0.1) is 5.56 Å². The van der Waals surface area contributed by atoms with Crippen molar-refractivity contribution in [3.8, 4) is 23.8 Å². The third-order valence-electron chi connectivity index (χ3n) is 4.98. The van der Waals surface area contributed by atoms with Crippen LogP contribution in [0.15, 0.2) is 40.9 Å². The molecule has 4 rings (SSSR count). The van der Waals surface area contributed by atoms with Gasteiger partial charge in [0.1, 0.15) is 17.7 Å². The summed E-state index contributed by atoms with van der Waals surface area (Å²) in [7, 11) is 0. The zero-order chi connectivity index (χ0) is 24.5. The molecule has 3 heterocycles. The Kier molecular flexibility index (Phi) is 5.78. The van der Waals surface area contributed by atoms with E-state index in [-0.39, 0.29) is 18.3 Å². The number of piperazine rings is 1. The van der Waals surface area contributed by atoms with Crippen molar-refractivity contribution in [2.45, 2.75) is 26.4 Å². The van der Waals surface area contributed by atoms with Gasteiger partial charge in [-0.15, -0.1) is 0 Å². The van der Waals surface area contributed by atoms with Crippen molar-refractivity contribution in [1.82, 2.24) is 14.9 Å². The molecule has 0 bridgehead atoms. The Morgan fingerprint density at radius 2 is 1.94 bits per heavy atom. The molecule has 0 spiro atoms. The van der Waals surface area contributed by atoms with E-state index >= 15 is 0 Å². The highest BCUT2D eigenvalue weighted by molar-refractivity contribution is 5.98. The van der Waals surface area contributed by atoms with E-state index in [1.807, 2.05) is 0 Å². The molecule has 2 amide bonds. The van der Waals surface area contributed by atoms with Crippen LogP contribution < -0.4 is 9.80 Å². The van der Waals surface area contributed by atoms with Crippen LogP contribution in [-0.4, -0.2) is 52.1 Å². The Hall–Kier alpha value is -4.64. The number of pyridine rings is 1. The van der Waals surface area contributed by atoms with E-state index in [1.54, 1.807) is 62.3 Å². The van der Waals surface area contributed by atoms with E-state index in [2.05, 4.69) is 9.97 Å². The summed E-state index contributed by atoms with van der Waals surface area (Å²) in [5.41, 5.74) is 1.66. The monoisotopic (exact) mass is 459 g/mol. The Morgan fingerprint density at radius 3 is 2.56 bits per heavy atom. The standard InChI is InChI=1S/C23H21N7O4/c1-23(2,3)34-22(32)28-8-9-30(20(31)12-28)16-5-6-18-17(10-16)27-21(33-18)15-4-7-19(26-11-15)29(13-24)14-25/h4-7,10-11H,8-9,12H2,1-3H3. The van der Waals surface area contributed by atoms with Crippen molar-refractivity contribution in [3.63, 3.8) is 0 Å². The second-order valence-electron chi connectivity index (χ2n) is 8.56. The number of oxazole rings is 1. The fourth-order valence-corrected chi connectivity index (χ4v) is 3.41. The van der Waals surface area contributed by atoms with Crippen molar-refractivity contribution < 1.29 is 18.7 Å². The third kappa shape index (κ3) is 4.59. The van der Waals surface area contributed by atoms with Crippen LogP contribution in [0.4, 0.5) is 16.3 Å². The van der Waals surface area contributed by atoms with Crippen molar-refractivity contribution in [2.75, 3.05) is 29.4 Å². The van der Waals surface area contributed by atoms with Crippen molar-refractivity contribution in [2.24, 2.45) is 0 Å². The number of benzene rings is 1. The Balaban J connectivity index is 1.51. The number of ether oxygens (including phenoxy) is 1. The van der Waals surface area contributed by atoms with Gasteiger partial charge in [0, 0.05) is 25.0 Å². The molecule has 172 valence electrons. The number of amides is 2. The largest absolute Gasteiger partial charge is 0.444 e. The van der Waals surface area contributed by atoms with E-state index in [0.717, 1.165) is 4.90 Å². The van der Waals surface area contributed by atoms with E-state index < -0.39 is 11.7 Å². The van der Waals surface area contributed by atoms with Gasteiger partial charge in [-0.2, -0.15) is 15.4 Å². The molecule has 11 nitrogen and oxygen atoms in total. The molecule has 1 aliphatic rings. The third-order valence-corrected chi connectivity index (χ3v) is 4.98. The maximum Gasteiger partial charge on any atom is 0.410 e. The summed E-state index contributed by atoms with van der Waals surface area (Å²) in [4.78, 5) is 37.4. The predicted octanol–water partition coefficient (Wildman–Crippen LogP) is 3.24. The zero-order valence-corrected chi connectivity index (χ0v) is 18.8. The lowest BCUT2D eigenvalue weighted by Gasteiger charge is -2.35. The minimum absolute atomic E-state index is 0.0720. The summed E-state index contributed by atoms with van der Waals surface area (Å²) < 4.78 is 11.2. The minimum Gasteiger partial charge on any atom is -0.444 e. The smallest absolute Gasteiger partial charge is 0.410 e. The van der Waals surface area contributed by atoms with E-state index in [1.165, 1.54) is 17.2 Å². The molecule has 11 heteroatoms. The molecule has 0 unspecified atom stereocenters. The molecule has 0 saturated carbocycles. The maximum atomic E-state index is 12.7.